The number of esters is 1. The maximum Gasteiger partial charge on any atom is 0.327 e. The highest BCUT2D eigenvalue weighted by atomic mass is 32.7. The van der Waals surface area contributed by atoms with E-state index in [9.17, 15) is 19.6 Å². The summed E-state index contributed by atoms with van der Waals surface area (Å²) in [6.45, 7) is -0.748. The number of benzene rings is 1. The van der Waals surface area contributed by atoms with E-state index >= 15 is 0 Å². The molecule has 4 heterocycles. The summed E-state index contributed by atoms with van der Waals surface area (Å²) in [6.07, 6.45) is -2.35. The van der Waals surface area contributed by atoms with Gasteiger partial charge in [-0.25, -0.2) is 10.1 Å². The standard InChI is InChI=1S/C24H31N6O8PS/c1-13(14-7-5-4-6-8-14)37-21(32)15-9-10-40-39(34,29-15)36-11-16-18(31)24(2,33)22(38-16)30-12-26-17-19(30)27-23(25)28-20(17)35-3/h4-8,12-13,15-16,18,22,31,33H,9-11H2,1-3H3,(H,29,34)(H2,25,27,28)/t13-,15+,16?,18+,22+,24+,39?/m0/s1. The van der Waals surface area contributed by atoms with Crippen LogP contribution in [0.5, 0.6) is 5.88 Å². The van der Waals surface area contributed by atoms with E-state index in [0.29, 0.717) is 12.2 Å². The van der Waals surface area contributed by atoms with E-state index in [1.165, 1.54) is 24.9 Å². The highest BCUT2D eigenvalue weighted by molar-refractivity contribution is 8.56. The normalized spacial score (nSPS) is 31.2. The number of hydrogen-bond acceptors (Lipinski definition) is 13. The lowest BCUT2D eigenvalue weighted by Gasteiger charge is -2.30. The second-order valence-corrected chi connectivity index (χ2v) is 14.1. The topological polar surface area (TPSA) is 193 Å². The van der Waals surface area contributed by atoms with Gasteiger partial charge in [-0.1, -0.05) is 41.7 Å². The largest absolute Gasteiger partial charge is 0.479 e. The fourth-order valence-electron chi connectivity index (χ4n) is 4.65. The maximum atomic E-state index is 13.5. The maximum absolute atomic E-state index is 13.5. The van der Waals surface area contributed by atoms with Crippen LogP contribution in [0.2, 0.25) is 0 Å². The first kappa shape index (κ1) is 28.7. The Morgan fingerprint density at radius 1 is 1.38 bits per heavy atom. The molecule has 5 N–H and O–H groups in total. The molecule has 0 aliphatic carbocycles. The summed E-state index contributed by atoms with van der Waals surface area (Å²) in [5.74, 6) is -0.0791. The van der Waals surface area contributed by atoms with Crippen molar-refractivity contribution in [1.82, 2.24) is 24.6 Å². The predicted molar refractivity (Wildman–Crippen MR) is 145 cm³/mol. The molecule has 0 amide bonds. The van der Waals surface area contributed by atoms with Gasteiger partial charge in [-0.3, -0.25) is 13.9 Å². The number of hydrogen-bond donors (Lipinski definition) is 4. The number of imidazole rings is 1. The third kappa shape index (κ3) is 5.55. The Labute approximate surface area is 233 Å². The molecule has 0 saturated carbocycles. The first-order chi connectivity index (χ1) is 19.0. The zero-order valence-electron chi connectivity index (χ0n) is 22.0. The smallest absolute Gasteiger partial charge is 0.327 e. The molecule has 2 saturated heterocycles. The van der Waals surface area contributed by atoms with Crippen LogP contribution in [0.3, 0.4) is 0 Å². The molecule has 0 spiro atoms. The first-order valence-corrected chi connectivity index (χ1v) is 15.8. The summed E-state index contributed by atoms with van der Waals surface area (Å²) in [7, 11) is 1.41. The number of nitrogens with two attached hydrogens (primary N) is 1. The van der Waals surface area contributed by atoms with Crippen molar-refractivity contribution >= 4 is 41.2 Å². The van der Waals surface area contributed by atoms with Gasteiger partial charge in [-0.2, -0.15) is 9.97 Å². The lowest BCUT2D eigenvalue weighted by Crippen LogP contribution is -2.44. The summed E-state index contributed by atoms with van der Waals surface area (Å²) < 4.78 is 37.4. The minimum Gasteiger partial charge on any atom is -0.479 e. The second-order valence-electron chi connectivity index (χ2n) is 9.70. The van der Waals surface area contributed by atoms with Gasteiger partial charge < -0.3 is 34.7 Å². The monoisotopic (exact) mass is 594 g/mol. The van der Waals surface area contributed by atoms with Gasteiger partial charge in [0.15, 0.2) is 17.4 Å². The Morgan fingerprint density at radius 3 is 2.85 bits per heavy atom. The van der Waals surface area contributed by atoms with Gasteiger partial charge in [-0.15, -0.1) is 0 Å². The summed E-state index contributed by atoms with van der Waals surface area (Å²) in [4.78, 5) is 25.2. The van der Waals surface area contributed by atoms with Crippen molar-refractivity contribution in [3.05, 3.63) is 42.2 Å². The number of nitrogen functional groups attached to an aromatic ring is 1. The molecule has 14 nitrogen and oxygen atoms in total. The van der Waals surface area contributed by atoms with Crippen LogP contribution in [-0.4, -0.2) is 79.0 Å². The number of carbonyl (C=O) groups excluding carboxylic acids is 1. The number of nitrogens with zero attached hydrogens (tertiary/aromatic N) is 4. The molecule has 7 atom stereocenters. The van der Waals surface area contributed by atoms with Crippen LogP contribution in [0.15, 0.2) is 36.7 Å². The number of nitrogens with one attached hydrogen (secondary N) is 1. The molecular formula is C24H31N6O8PS. The van der Waals surface area contributed by atoms with Crippen LogP contribution in [0.4, 0.5) is 5.95 Å². The van der Waals surface area contributed by atoms with E-state index in [4.69, 9.17) is 24.5 Å². The van der Waals surface area contributed by atoms with Crippen molar-refractivity contribution in [2.45, 2.75) is 56.5 Å². The molecule has 1 aromatic carbocycles. The number of anilines is 1. The predicted octanol–water partition coefficient (Wildman–Crippen LogP) is 1.95. The van der Waals surface area contributed by atoms with Crippen molar-refractivity contribution < 1.29 is 38.3 Å². The van der Waals surface area contributed by atoms with Crippen molar-refractivity contribution in [3.8, 4) is 5.88 Å². The van der Waals surface area contributed by atoms with Gasteiger partial charge in [0.25, 0.3) is 0 Å². The molecule has 3 aromatic rings. The third-order valence-corrected chi connectivity index (χ3v) is 10.9. The number of carbonyl (C=O) groups is 1. The highest BCUT2D eigenvalue weighted by Gasteiger charge is 2.54. The van der Waals surface area contributed by atoms with Crippen molar-refractivity contribution in [1.29, 1.82) is 0 Å². The molecular weight excluding hydrogens is 563 g/mol. The Balaban J connectivity index is 1.25. The molecule has 0 bridgehead atoms. The van der Waals surface area contributed by atoms with Crippen LogP contribution < -0.4 is 15.6 Å². The minimum absolute atomic E-state index is 0.0751. The third-order valence-electron chi connectivity index (χ3n) is 6.84. The molecule has 0 radical (unpaired) electrons. The second kappa shape index (κ2) is 11.2. The number of rotatable bonds is 8. The van der Waals surface area contributed by atoms with E-state index in [1.807, 2.05) is 30.3 Å². The number of ether oxygens (including phenoxy) is 3. The highest BCUT2D eigenvalue weighted by Crippen LogP contribution is 2.59. The first-order valence-electron chi connectivity index (χ1n) is 12.5. The van der Waals surface area contributed by atoms with Gasteiger partial charge in [0.1, 0.15) is 30.0 Å². The van der Waals surface area contributed by atoms with Crippen LogP contribution in [-0.2, 0) is 23.4 Å². The average molecular weight is 595 g/mol. The van der Waals surface area contributed by atoms with Crippen LogP contribution in [0.25, 0.3) is 11.2 Å². The number of aromatic nitrogens is 4. The fraction of sp³-hybridized carbons (Fsp3) is 0.500. The Bertz CT molecular complexity index is 1430. The van der Waals surface area contributed by atoms with E-state index in [2.05, 4.69) is 20.0 Å². The zero-order chi connectivity index (χ0) is 28.7. The number of aliphatic hydroxyl groups excluding tert-OH is 1. The summed E-state index contributed by atoms with van der Waals surface area (Å²) in [5.41, 5.74) is 5.34. The molecule has 5 rings (SSSR count). The average Bonchev–Trinajstić information content (AvgIpc) is 3.45. The lowest BCUT2D eigenvalue weighted by atomic mass is 9.96. The molecule has 40 heavy (non-hydrogen) atoms. The van der Waals surface area contributed by atoms with E-state index in [1.54, 1.807) is 6.92 Å². The lowest BCUT2D eigenvalue weighted by molar-refractivity contribution is -0.150. The van der Waals surface area contributed by atoms with Crippen LogP contribution in [0.1, 0.15) is 38.2 Å². The van der Waals surface area contributed by atoms with Crippen molar-refractivity contribution in [2.24, 2.45) is 0 Å². The summed E-state index contributed by atoms with van der Waals surface area (Å²) in [5, 5.41) is 24.9. The Kier molecular flexibility index (Phi) is 8.08. The molecule has 2 aromatic heterocycles. The summed E-state index contributed by atoms with van der Waals surface area (Å²) >= 11 is 1.05. The molecule has 2 aliphatic rings. The molecule has 216 valence electrons. The van der Waals surface area contributed by atoms with Gasteiger partial charge in [0.2, 0.25) is 11.8 Å². The molecule has 2 fully saturated rings. The van der Waals surface area contributed by atoms with E-state index < -0.39 is 48.9 Å². The van der Waals surface area contributed by atoms with Crippen molar-refractivity contribution in [3.63, 3.8) is 0 Å². The van der Waals surface area contributed by atoms with Gasteiger partial charge in [0.05, 0.1) is 20.0 Å². The summed E-state index contributed by atoms with van der Waals surface area (Å²) in [6, 6.07) is 8.46. The number of fused-ring (bicyclic) bond motifs is 1. The fourth-order valence-corrected chi connectivity index (χ4v) is 8.46. The van der Waals surface area contributed by atoms with E-state index in [0.717, 1.165) is 16.9 Å². The van der Waals surface area contributed by atoms with Crippen LogP contribution >= 0.6 is 18.1 Å². The zero-order valence-corrected chi connectivity index (χ0v) is 23.7. The molecule has 16 heteroatoms. The Hall–Kier alpha value is -2.78. The molecule has 2 aliphatic heterocycles. The number of aliphatic hydroxyl groups is 2. The van der Waals surface area contributed by atoms with Crippen LogP contribution in [0, 0.1) is 0 Å². The minimum atomic E-state index is -3.58. The quantitative estimate of drug-likeness (QED) is 0.218. The SMILES string of the molecule is COc1nc(N)nc2c1ncn2[C@@H]1OC(COP2(=O)N[C@@H](C(=O)O[C@@H](C)c3ccccc3)CCS2)[C@@H](O)[C@@]1(C)O. The Morgan fingerprint density at radius 2 is 2.12 bits per heavy atom. The van der Waals surface area contributed by atoms with Gasteiger partial charge >= 0.3 is 12.7 Å². The van der Waals surface area contributed by atoms with Gasteiger partial charge in [-0.05, 0) is 25.8 Å². The molecule has 2 unspecified atom stereocenters. The number of methoxy groups -OCH3 is 1. The van der Waals surface area contributed by atoms with Gasteiger partial charge in [0, 0.05) is 5.75 Å². The van der Waals surface area contributed by atoms with E-state index in [-0.39, 0.29) is 29.6 Å². The van der Waals surface area contributed by atoms with Crippen molar-refractivity contribution in [2.75, 3.05) is 25.2 Å².